The Labute approximate surface area is 113 Å². The Kier molecular flexibility index (Phi) is 4.04. The van der Waals surface area contributed by atoms with Gasteiger partial charge < -0.3 is 10.6 Å². The average molecular weight is 263 g/mol. The number of nitrogens with one attached hydrogen (secondary N) is 2. The molecule has 0 amide bonds. The molecule has 0 aliphatic carbocycles. The first kappa shape index (κ1) is 13.8. The quantitative estimate of drug-likeness (QED) is 0.647. The molecule has 2 N–H and O–H groups in total. The molecule has 1 atom stereocenters. The maximum atomic E-state index is 10.7. The molecule has 0 spiro atoms. The first-order chi connectivity index (χ1) is 9.00. The van der Waals surface area contributed by atoms with Gasteiger partial charge in [-0.25, -0.2) is 0 Å². The molecule has 1 fully saturated rings. The van der Waals surface area contributed by atoms with Crippen molar-refractivity contribution in [3.05, 3.63) is 33.9 Å². The minimum atomic E-state index is -0.358. The minimum Gasteiger partial charge on any atom is -0.384 e. The fraction of sp³-hybridized carbons (Fsp3) is 0.571. The molecule has 1 unspecified atom stereocenters. The van der Waals surface area contributed by atoms with E-state index >= 15 is 0 Å². The Balaban J connectivity index is 2.01. The van der Waals surface area contributed by atoms with E-state index in [0.29, 0.717) is 0 Å². The highest BCUT2D eigenvalue weighted by Crippen LogP contribution is 2.27. The van der Waals surface area contributed by atoms with E-state index < -0.39 is 0 Å². The zero-order valence-electron chi connectivity index (χ0n) is 11.5. The number of aryl methyl sites for hydroxylation is 1. The molecule has 1 aromatic carbocycles. The zero-order valence-corrected chi connectivity index (χ0v) is 11.5. The molecule has 0 aromatic heterocycles. The van der Waals surface area contributed by atoms with Gasteiger partial charge in [0.15, 0.2) is 0 Å². The SMILES string of the molecule is Cc1cc([N+](=O)[O-])ccc1NCC1(C)CCCNC1. The van der Waals surface area contributed by atoms with E-state index in [1.165, 1.54) is 12.8 Å². The zero-order chi connectivity index (χ0) is 13.9. The normalized spacial score (nSPS) is 23.1. The maximum absolute atomic E-state index is 10.7. The Morgan fingerprint density at radius 3 is 2.89 bits per heavy atom. The molecule has 0 saturated carbocycles. The predicted molar refractivity (Wildman–Crippen MR) is 76.5 cm³/mol. The van der Waals surface area contributed by atoms with Crippen LogP contribution in [0.2, 0.25) is 0 Å². The fourth-order valence-electron chi connectivity index (χ4n) is 2.54. The Hall–Kier alpha value is -1.62. The van der Waals surface area contributed by atoms with Crippen LogP contribution in [-0.4, -0.2) is 24.6 Å². The number of rotatable bonds is 4. The number of hydrogen-bond donors (Lipinski definition) is 2. The molecule has 104 valence electrons. The van der Waals surface area contributed by atoms with Crippen LogP contribution in [-0.2, 0) is 0 Å². The number of nitro groups is 1. The predicted octanol–water partition coefficient (Wildman–Crippen LogP) is 2.70. The van der Waals surface area contributed by atoms with Gasteiger partial charge in [-0.1, -0.05) is 6.92 Å². The van der Waals surface area contributed by atoms with E-state index in [0.717, 1.165) is 30.9 Å². The molecule has 5 nitrogen and oxygen atoms in total. The van der Waals surface area contributed by atoms with Gasteiger partial charge in [-0.2, -0.15) is 0 Å². The van der Waals surface area contributed by atoms with Crippen LogP contribution in [0, 0.1) is 22.5 Å². The Morgan fingerprint density at radius 1 is 1.53 bits per heavy atom. The van der Waals surface area contributed by atoms with Crippen molar-refractivity contribution in [1.29, 1.82) is 0 Å². The second-order valence-electron chi connectivity index (χ2n) is 5.70. The summed E-state index contributed by atoms with van der Waals surface area (Å²) in [6, 6.07) is 4.97. The van der Waals surface area contributed by atoms with Gasteiger partial charge in [0.05, 0.1) is 4.92 Å². The molecular formula is C14H21N3O2. The van der Waals surface area contributed by atoms with Crippen LogP contribution in [0.5, 0.6) is 0 Å². The summed E-state index contributed by atoms with van der Waals surface area (Å²) in [6.45, 7) is 7.18. The molecule has 0 bridgehead atoms. The smallest absolute Gasteiger partial charge is 0.269 e. The van der Waals surface area contributed by atoms with Crippen molar-refractivity contribution >= 4 is 11.4 Å². The van der Waals surface area contributed by atoms with Gasteiger partial charge in [0.1, 0.15) is 0 Å². The summed E-state index contributed by atoms with van der Waals surface area (Å²) < 4.78 is 0. The third-order valence-electron chi connectivity index (χ3n) is 3.81. The third kappa shape index (κ3) is 3.44. The first-order valence-corrected chi connectivity index (χ1v) is 6.70. The lowest BCUT2D eigenvalue weighted by Crippen LogP contribution is -2.42. The molecule has 2 rings (SSSR count). The molecule has 1 aromatic rings. The standard InChI is InChI=1S/C14H21N3O2/c1-11-8-12(17(18)19)4-5-13(11)16-10-14(2)6-3-7-15-9-14/h4-5,8,15-16H,3,6-7,9-10H2,1-2H3. The van der Waals surface area contributed by atoms with E-state index in [9.17, 15) is 10.1 Å². The number of anilines is 1. The molecular weight excluding hydrogens is 242 g/mol. The third-order valence-corrected chi connectivity index (χ3v) is 3.81. The lowest BCUT2D eigenvalue weighted by Gasteiger charge is -2.34. The lowest BCUT2D eigenvalue weighted by molar-refractivity contribution is -0.384. The van der Waals surface area contributed by atoms with Gasteiger partial charge in [0, 0.05) is 30.9 Å². The molecule has 1 aliphatic heterocycles. The van der Waals surface area contributed by atoms with Crippen LogP contribution in [0.1, 0.15) is 25.3 Å². The number of benzene rings is 1. The van der Waals surface area contributed by atoms with E-state index in [-0.39, 0.29) is 16.0 Å². The van der Waals surface area contributed by atoms with Gasteiger partial charge in [0.2, 0.25) is 0 Å². The van der Waals surface area contributed by atoms with Gasteiger partial charge in [-0.05, 0) is 43.4 Å². The highest BCUT2D eigenvalue weighted by Gasteiger charge is 2.26. The molecule has 1 aliphatic rings. The second-order valence-corrected chi connectivity index (χ2v) is 5.70. The highest BCUT2D eigenvalue weighted by atomic mass is 16.6. The van der Waals surface area contributed by atoms with E-state index in [2.05, 4.69) is 17.6 Å². The average Bonchev–Trinajstić information content (AvgIpc) is 2.38. The number of non-ortho nitro benzene ring substituents is 1. The van der Waals surface area contributed by atoms with Crippen LogP contribution >= 0.6 is 0 Å². The molecule has 1 heterocycles. The van der Waals surface area contributed by atoms with Crippen molar-refractivity contribution in [2.75, 3.05) is 25.0 Å². The van der Waals surface area contributed by atoms with Crippen LogP contribution in [0.4, 0.5) is 11.4 Å². The Bertz CT molecular complexity index is 468. The summed E-state index contributed by atoms with van der Waals surface area (Å²) in [5.74, 6) is 0. The van der Waals surface area contributed by atoms with Crippen LogP contribution in [0.3, 0.4) is 0 Å². The fourth-order valence-corrected chi connectivity index (χ4v) is 2.54. The lowest BCUT2D eigenvalue weighted by atomic mass is 9.82. The molecule has 0 radical (unpaired) electrons. The first-order valence-electron chi connectivity index (χ1n) is 6.70. The highest BCUT2D eigenvalue weighted by molar-refractivity contribution is 5.55. The molecule has 5 heteroatoms. The van der Waals surface area contributed by atoms with Crippen molar-refractivity contribution < 1.29 is 4.92 Å². The van der Waals surface area contributed by atoms with Gasteiger partial charge in [-0.15, -0.1) is 0 Å². The van der Waals surface area contributed by atoms with Crippen molar-refractivity contribution in [1.82, 2.24) is 5.32 Å². The summed E-state index contributed by atoms with van der Waals surface area (Å²) in [6.07, 6.45) is 2.41. The second kappa shape index (κ2) is 5.57. The Morgan fingerprint density at radius 2 is 2.32 bits per heavy atom. The van der Waals surface area contributed by atoms with Crippen LogP contribution in [0.15, 0.2) is 18.2 Å². The summed E-state index contributed by atoms with van der Waals surface area (Å²) in [5, 5.41) is 17.5. The number of nitrogens with zero attached hydrogens (tertiary/aromatic N) is 1. The monoisotopic (exact) mass is 263 g/mol. The summed E-state index contributed by atoms with van der Waals surface area (Å²) in [5.41, 5.74) is 2.31. The van der Waals surface area contributed by atoms with Crippen LogP contribution < -0.4 is 10.6 Å². The summed E-state index contributed by atoms with van der Waals surface area (Å²) in [4.78, 5) is 10.3. The molecule has 19 heavy (non-hydrogen) atoms. The number of nitro benzene ring substituents is 1. The van der Waals surface area contributed by atoms with E-state index in [1.54, 1.807) is 18.2 Å². The topological polar surface area (TPSA) is 67.2 Å². The van der Waals surface area contributed by atoms with E-state index in [1.807, 2.05) is 6.92 Å². The molecule has 1 saturated heterocycles. The van der Waals surface area contributed by atoms with Crippen LogP contribution in [0.25, 0.3) is 0 Å². The van der Waals surface area contributed by atoms with Crippen molar-refractivity contribution in [3.8, 4) is 0 Å². The maximum Gasteiger partial charge on any atom is 0.269 e. The van der Waals surface area contributed by atoms with Gasteiger partial charge in [0.25, 0.3) is 5.69 Å². The van der Waals surface area contributed by atoms with Crippen molar-refractivity contribution in [3.63, 3.8) is 0 Å². The largest absolute Gasteiger partial charge is 0.384 e. The van der Waals surface area contributed by atoms with Crippen molar-refractivity contribution in [2.24, 2.45) is 5.41 Å². The minimum absolute atomic E-state index is 0.147. The summed E-state index contributed by atoms with van der Waals surface area (Å²) >= 11 is 0. The number of piperidine rings is 1. The van der Waals surface area contributed by atoms with Gasteiger partial charge >= 0.3 is 0 Å². The van der Waals surface area contributed by atoms with Crippen molar-refractivity contribution in [2.45, 2.75) is 26.7 Å². The summed E-state index contributed by atoms with van der Waals surface area (Å²) in [7, 11) is 0. The number of hydrogen-bond acceptors (Lipinski definition) is 4. The van der Waals surface area contributed by atoms with Gasteiger partial charge in [-0.3, -0.25) is 10.1 Å². The van der Waals surface area contributed by atoms with E-state index in [4.69, 9.17) is 0 Å².